The Hall–Kier alpha value is -2.77. The van der Waals surface area contributed by atoms with Crippen molar-refractivity contribution in [3.8, 4) is 11.4 Å². The zero-order valence-corrected chi connectivity index (χ0v) is 17.6. The van der Waals surface area contributed by atoms with Crippen LogP contribution in [-0.4, -0.2) is 31.3 Å². The van der Waals surface area contributed by atoms with Crippen LogP contribution in [0.15, 0.2) is 72.1 Å². The molecule has 1 aromatic carbocycles. The Balaban J connectivity index is 1.59. The second-order valence-corrected chi connectivity index (χ2v) is 8.56. The second kappa shape index (κ2) is 9.15. The highest BCUT2D eigenvalue weighted by atomic mass is 32.2. The molecule has 0 fully saturated rings. The van der Waals surface area contributed by atoms with Crippen molar-refractivity contribution in [2.45, 2.75) is 25.0 Å². The summed E-state index contributed by atoms with van der Waals surface area (Å²) in [6.45, 7) is 2.74. The van der Waals surface area contributed by atoms with Gasteiger partial charge in [-0.05, 0) is 36.2 Å². The van der Waals surface area contributed by atoms with Crippen LogP contribution in [0.5, 0.6) is 0 Å². The van der Waals surface area contributed by atoms with E-state index in [1.165, 1.54) is 16.6 Å². The molecule has 5 nitrogen and oxygen atoms in total. The van der Waals surface area contributed by atoms with Gasteiger partial charge < -0.3 is 0 Å². The fourth-order valence-corrected chi connectivity index (χ4v) is 4.74. The predicted molar refractivity (Wildman–Crippen MR) is 118 cm³/mol. The number of hydrogen-bond acceptors (Lipinski definition) is 6. The SMILES string of the molecule is CCc1ccc(C(=O)CSc2nnc(-c3ccncc3)n2Cc2ccccc2)s1. The number of nitrogens with zero attached hydrogens (tertiary/aromatic N) is 4. The lowest BCUT2D eigenvalue weighted by Gasteiger charge is -2.10. The minimum Gasteiger partial charge on any atom is -0.298 e. The molecule has 0 saturated carbocycles. The minimum absolute atomic E-state index is 0.124. The van der Waals surface area contributed by atoms with E-state index in [1.54, 1.807) is 23.7 Å². The van der Waals surface area contributed by atoms with Crippen LogP contribution < -0.4 is 0 Å². The van der Waals surface area contributed by atoms with Crippen LogP contribution in [0.1, 0.15) is 27.0 Å². The summed E-state index contributed by atoms with van der Waals surface area (Å²) in [6, 6.07) is 18.0. The molecule has 0 amide bonds. The van der Waals surface area contributed by atoms with Crippen molar-refractivity contribution in [2.75, 3.05) is 5.75 Å². The fraction of sp³-hybridized carbons (Fsp3) is 0.182. The first-order valence-electron chi connectivity index (χ1n) is 9.37. The number of hydrogen-bond donors (Lipinski definition) is 0. The molecular weight excluding hydrogens is 400 g/mol. The Morgan fingerprint density at radius 3 is 2.55 bits per heavy atom. The molecule has 0 unspecified atom stereocenters. The molecule has 0 saturated heterocycles. The van der Waals surface area contributed by atoms with Gasteiger partial charge in [-0.25, -0.2) is 0 Å². The third-order valence-electron chi connectivity index (χ3n) is 4.46. The van der Waals surface area contributed by atoms with Crippen molar-refractivity contribution < 1.29 is 4.79 Å². The summed E-state index contributed by atoms with van der Waals surface area (Å²) < 4.78 is 2.06. The molecule has 29 heavy (non-hydrogen) atoms. The number of aryl methyl sites for hydroxylation is 1. The molecule has 3 heterocycles. The number of ketones is 1. The van der Waals surface area contributed by atoms with Gasteiger partial charge in [0.1, 0.15) is 0 Å². The first-order chi connectivity index (χ1) is 14.2. The van der Waals surface area contributed by atoms with E-state index in [9.17, 15) is 4.79 Å². The highest BCUT2D eigenvalue weighted by Crippen LogP contribution is 2.26. The van der Waals surface area contributed by atoms with E-state index < -0.39 is 0 Å². The Morgan fingerprint density at radius 1 is 1.03 bits per heavy atom. The second-order valence-electron chi connectivity index (χ2n) is 6.45. The summed E-state index contributed by atoms with van der Waals surface area (Å²) in [5.41, 5.74) is 2.11. The molecule has 146 valence electrons. The van der Waals surface area contributed by atoms with E-state index in [0.29, 0.717) is 12.3 Å². The Kier molecular flexibility index (Phi) is 6.17. The molecule has 3 aromatic heterocycles. The van der Waals surface area contributed by atoms with Crippen LogP contribution >= 0.6 is 23.1 Å². The van der Waals surface area contributed by atoms with Crippen LogP contribution in [-0.2, 0) is 13.0 Å². The molecule has 0 bridgehead atoms. The maximum Gasteiger partial charge on any atom is 0.192 e. The normalized spacial score (nSPS) is 10.9. The van der Waals surface area contributed by atoms with Gasteiger partial charge in [-0.2, -0.15) is 0 Å². The molecule has 0 N–H and O–H groups in total. The third-order valence-corrected chi connectivity index (χ3v) is 6.69. The van der Waals surface area contributed by atoms with E-state index in [2.05, 4.69) is 38.8 Å². The number of rotatable bonds is 8. The van der Waals surface area contributed by atoms with Crippen molar-refractivity contribution in [1.82, 2.24) is 19.7 Å². The fourth-order valence-electron chi connectivity index (χ4n) is 2.94. The van der Waals surface area contributed by atoms with Gasteiger partial charge in [-0.15, -0.1) is 21.5 Å². The van der Waals surface area contributed by atoms with Gasteiger partial charge >= 0.3 is 0 Å². The smallest absolute Gasteiger partial charge is 0.192 e. The van der Waals surface area contributed by atoms with Gasteiger partial charge in [0, 0.05) is 22.8 Å². The summed E-state index contributed by atoms with van der Waals surface area (Å²) in [4.78, 5) is 18.7. The number of carbonyl (C=O) groups excluding carboxylic acids is 1. The van der Waals surface area contributed by atoms with Crippen LogP contribution in [0.4, 0.5) is 0 Å². The van der Waals surface area contributed by atoms with Crippen molar-refractivity contribution in [3.05, 3.63) is 82.3 Å². The maximum atomic E-state index is 12.6. The number of thiophene rings is 1. The van der Waals surface area contributed by atoms with Crippen molar-refractivity contribution in [2.24, 2.45) is 0 Å². The van der Waals surface area contributed by atoms with Crippen LogP contribution in [0.3, 0.4) is 0 Å². The molecule has 4 rings (SSSR count). The van der Waals surface area contributed by atoms with Gasteiger partial charge in [0.15, 0.2) is 16.8 Å². The molecule has 0 radical (unpaired) electrons. The lowest BCUT2D eigenvalue weighted by atomic mass is 10.2. The van der Waals surface area contributed by atoms with Crippen LogP contribution in [0.2, 0.25) is 0 Å². The molecule has 0 aliphatic rings. The maximum absolute atomic E-state index is 12.6. The number of benzene rings is 1. The summed E-state index contributed by atoms with van der Waals surface area (Å²) in [5.74, 6) is 1.24. The highest BCUT2D eigenvalue weighted by molar-refractivity contribution is 7.99. The lowest BCUT2D eigenvalue weighted by Crippen LogP contribution is -2.06. The molecular formula is C22H20N4OS2. The molecule has 0 spiro atoms. The van der Waals surface area contributed by atoms with Crippen LogP contribution in [0.25, 0.3) is 11.4 Å². The first kappa shape index (κ1) is 19.5. The number of aromatic nitrogens is 4. The van der Waals surface area contributed by atoms with Gasteiger partial charge in [-0.1, -0.05) is 49.0 Å². The minimum atomic E-state index is 0.124. The number of Topliss-reactive ketones (excluding diaryl/α,β-unsaturated/α-hetero) is 1. The number of carbonyl (C=O) groups is 1. The van der Waals surface area contributed by atoms with E-state index in [4.69, 9.17) is 0 Å². The van der Waals surface area contributed by atoms with E-state index in [0.717, 1.165) is 33.4 Å². The van der Waals surface area contributed by atoms with E-state index in [1.807, 2.05) is 42.5 Å². The average Bonchev–Trinajstić information content (AvgIpc) is 3.41. The largest absolute Gasteiger partial charge is 0.298 e. The quantitative estimate of drug-likeness (QED) is 0.297. The van der Waals surface area contributed by atoms with Gasteiger partial charge in [0.05, 0.1) is 17.2 Å². The molecule has 0 aliphatic carbocycles. The molecule has 0 atom stereocenters. The summed E-state index contributed by atoms with van der Waals surface area (Å²) >= 11 is 3.00. The average molecular weight is 421 g/mol. The summed E-state index contributed by atoms with van der Waals surface area (Å²) in [5, 5.41) is 9.53. The summed E-state index contributed by atoms with van der Waals surface area (Å²) in [7, 11) is 0. The van der Waals surface area contributed by atoms with Gasteiger partial charge in [0.2, 0.25) is 0 Å². The Labute approximate surface area is 177 Å². The topological polar surface area (TPSA) is 60.7 Å². The zero-order chi connectivity index (χ0) is 20.1. The first-order valence-corrected chi connectivity index (χ1v) is 11.2. The number of pyridine rings is 1. The standard InChI is InChI=1S/C22H20N4OS2/c1-2-18-8-9-20(29-18)19(27)15-28-22-25-24-21(17-10-12-23-13-11-17)26(22)14-16-6-4-3-5-7-16/h3-13H,2,14-15H2,1H3. The molecule has 4 aromatic rings. The van der Waals surface area contributed by atoms with Crippen molar-refractivity contribution in [1.29, 1.82) is 0 Å². The van der Waals surface area contributed by atoms with Crippen molar-refractivity contribution >= 4 is 28.9 Å². The molecule has 7 heteroatoms. The lowest BCUT2D eigenvalue weighted by molar-refractivity contribution is 0.102. The monoisotopic (exact) mass is 420 g/mol. The summed E-state index contributed by atoms with van der Waals surface area (Å²) in [6.07, 6.45) is 4.44. The zero-order valence-electron chi connectivity index (χ0n) is 16.0. The molecule has 0 aliphatic heterocycles. The Bertz CT molecular complexity index is 1090. The van der Waals surface area contributed by atoms with E-state index in [-0.39, 0.29) is 5.78 Å². The predicted octanol–water partition coefficient (Wildman–Crippen LogP) is 4.99. The van der Waals surface area contributed by atoms with Gasteiger partial charge in [0.25, 0.3) is 0 Å². The Morgan fingerprint density at radius 2 is 1.83 bits per heavy atom. The van der Waals surface area contributed by atoms with E-state index >= 15 is 0 Å². The third kappa shape index (κ3) is 4.63. The van der Waals surface area contributed by atoms with Crippen LogP contribution in [0, 0.1) is 0 Å². The van der Waals surface area contributed by atoms with Gasteiger partial charge in [-0.3, -0.25) is 14.3 Å². The van der Waals surface area contributed by atoms with Crippen molar-refractivity contribution in [3.63, 3.8) is 0 Å². The number of thioether (sulfide) groups is 1. The highest BCUT2D eigenvalue weighted by Gasteiger charge is 2.17.